The Hall–Kier alpha value is -0.420. The number of ether oxygens (including phenoxy) is 3. The molecule has 3 aliphatic rings. The molecule has 4 heteroatoms. The second kappa shape index (κ2) is 4.80. The first-order chi connectivity index (χ1) is 10.5. The van der Waals surface area contributed by atoms with E-state index in [1.54, 1.807) is 0 Å². The Morgan fingerprint density at radius 3 is 2.85 bits per heavy atom. The number of hydrogen-bond acceptors (Lipinski definition) is 4. The van der Waals surface area contributed by atoms with Crippen LogP contribution in [0.25, 0.3) is 0 Å². The number of methoxy groups -OCH3 is 1. The normalized spacial score (nSPS) is 58.5. The van der Waals surface area contributed by atoms with Crippen LogP contribution < -0.4 is 0 Å². The van der Waals surface area contributed by atoms with Crippen LogP contribution in [0.3, 0.4) is 0 Å². The van der Waals surface area contributed by atoms with E-state index in [9.17, 15) is 5.11 Å². The van der Waals surface area contributed by atoms with E-state index in [1.165, 1.54) is 12.7 Å². The van der Waals surface area contributed by atoms with Crippen molar-refractivity contribution < 1.29 is 23.4 Å². The van der Waals surface area contributed by atoms with Gasteiger partial charge in [0.25, 0.3) is 0 Å². The molecule has 1 aliphatic carbocycles. The molecule has 1 unspecified atom stereocenters. The SMILES string of the molecule is [2H]C1([2H])C[C@]2(CO2)[C@@H](C2(C)O[C@@H]2CC=C(C)C)[C@]([2H])(OC)[C@H]1O. The summed E-state index contributed by atoms with van der Waals surface area (Å²) in [4.78, 5) is 0. The quantitative estimate of drug-likeness (QED) is 0.634. The Morgan fingerprint density at radius 2 is 2.30 bits per heavy atom. The molecule has 0 aromatic carbocycles. The highest BCUT2D eigenvalue weighted by Crippen LogP contribution is 2.59. The summed E-state index contributed by atoms with van der Waals surface area (Å²) in [6.45, 7) is 6.34. The smallest absolute Gasteiger partial charge is 0.101 e. The molecule has 1 saturated carbocycles. The minimum atomic E-state index is -1.93. The minimum Gasteiger partial charge on any atom is -0.390 e. The van der Waals surface area contributed by atoms with Gasteiger partial charge in [0.1, 0.15) is 5.60 Å². The average Bonchev–Trinajstić information content (AvgIpc) is 3.33. The summed E-state index contributed by atoms with van der Waals surface area (Å²) < 4.78 is 41.8. The summed E-state index contributed by atoms with van der Waals surface area (Å²) in [7, 11) is 1.34. The van der Waals surface area contributed by atoms with E-state index < -0.39 is 35.7 Å². The van der Waals surface area contributed by atoms with Gasteiger partial charge in [-0.1, -0.05) is 11.6 Å². The third-order valence-corrected chi connectivity index (χ3v) is 4.72. The molecule has 2 aliphatic heterocycles. The lowest BCUT2D eigenvalue weighted by atomic mass is 9.68. The van der Waals surface area contributed by atoms with E-state index in [0.29, 0.717) is 6.61 Å². The predicted molar refractivity (Wildman–Crippen MR) is 75.5 cm³/mol. The fraction of sp³-hybridized carbons (Fsp3) is 0.875. The Morgan fingerprint density at radius 1 is 1.60 bits per heavy atom. The molecule has 6 atom stereocenters. The molecule has 114 valence electrons. The number of aliphatic hydroxyl groups is 1. The van der Waals surface area contributed by atoms with Crippen LogP contribution in [0.5, 0.6) is 0 Å². The van der Waals surface area contributed by atoms with Gasteiger partial charge >= 0.3 is 0 Å². The number of allylic oxidation sites excluding steroid dienone is 1. The van der Waals surface area contributed by atoms with E-state index in [-0.39, 0.29) is 12.5 Å². The summed E-state index contributed by atoms with van der Waals surface area (Å²) in [6, 6.07) is 0. The third-order valence-electron chi connectivity index (χ3n) is 4.72. The maximum absolute atomic E-state index is 10.5. The van der Waals surface area contributed by atoms with Gasteiger partial charge in [-0.05, 0) is 40.0 Å². The van der Waals surface area contributed by atoms with Crippen LogP contribution in [0.15, 0.2) is 11.6 Å². The van der Waals surface area contributed by atoms with Crippen molar-refractivity contribution >= 4 is 0 Å². The summed E-state index contributed by atoms with van der Waals surface area (Å²) in [5, 5.41) is 10.5. The van der Waals surface area contributed by atoms with E-state index >= 15 is 0 Å². The first kappa shape index (κ1) is 11.2. The van der Waals surface area contributed by atoms with Crippen molar-refractivity contribution in [3.8, 4) is 0 Å². The monoisotopic (exact) mass is 285 g/mol. The van der Waals surface area contributed by atoms with Gasteiger partial charge in [0.15, 0.2) is 0 Å². The molecule has 2 saturated heterocycles. The lowest BCUT2D eigenvalue weighted by Gasteiger charge is -2.41. The van der Waals surface area contributed by atoms with Gasteiger partial charge in [-0.3, -0.25) is 0 Å². The van der Waals surface area contributed by atoms with E-state index in [2.05, 4.69) is 6.08 Å². The topological polar surface area (TPSA) is 54.5 Å². The van der Waals surface area contributed by atoms with E-state index in [4.69, 9.17) is 18.3 Å². The highest BCUT2D eigenvalue weighted by molar-refractivity contribution is 5.20. The average molecular weight is 285 g/mol. The van der Waals surface area contributed by atoms with Crippen molar-refractivity contribution in [1.29, 1.82) is 0 Å². The molecule has 2 heterocycles. The molecule has 0 aromatic rings. The first-order valence-corrected chi connectivity index (χ1v) is 7.20. The van der Waals surface area contributed by atoms with E-state index in [0.717, 1.165) is 6.42 Å². The number of rotatable bonds is 4. The molecular weight excluding hydrogens is 256 g/mol. The van der Waals surface area contributed by atoms with Crippen LogP contribution in [0.4, 0.5) is 0 Å². The highest BCUT2D eigenvalue weighted by atomic mass is 16.6. The number of aliphatic hydroxyl groups excluding tert-OH is 1. The molecule has 3 fully saturated rings. The first-order valence-electron chi connectivity index (χ1n) is 8.70. The molecule has 0 amide bonds. The third kappa shape index (κ3) is 2.23. The van der Waals surface area contributed by atoms with Crippen LogP contribution in [-0.4, -0.2) is 48.3 Å². The Balaban J connectivity index is 1.92. The largest absolute Gasteiger partial charge is 0.390 e. The second-order valence-corrected chi connectivity index (χ2v) is 6.48. The van der Waals surface area contributed by atoms with Crippen LogP contribution in [0.1, 0.15) is 44.1 Å². The molecule has 1 N–H and O–H groups in total. The fourth-order valence-electron chi connectivity index (χ4n) is 3.44. The van der Waals surface area contributed by atoms with Crippen LogP contribution in [-0.2, 0) is 14.2 Å². The van der Waals surface area contributed by atoms with Crippen LogP contribution in [0.2, 0.25) is 0 Å². The standard InChI is InChI=1S/C16H26O4/c1-10(2)5-6-12-15(3,20-12)14-13(18-4)11(17)7-8-16(14)9-19-16/h5,11-14,17H,6-9H2,1-4H3/t11-,12+,13+,14+,15?,16-/m0/s1/i7D2,13D. The maximum Gasteiger partial charge on any atom is 0.101 e. The van der Waals surface area contributed by atoms with Gasteiger partial charge in [0.05, 0.1) is 37.8 Å². The van der Waals surface area contributed by atoms with Crippen molar-refractivity contribution in [2.24, 2.45) is 5.92 Å². The Kier molecular flexibility index (Phi) is 2.69. The molecule has 0 radical (unpaired) electrons. The molecular formula is C16H26O4. The molecule has 4 nitrogen and oxygen atoms in total. The maximum atomic E-state index is 10.5. The summed E-state index contributed by atoms with van der Waals surface area (Å²) in [6.07, 6.45) is -2.46. The summed E-state index contributed by atoms with van der Waals surface area (Å²) in [5.74, 6) is -0.540. The highest BCUT2D eigenvalue weighted by Gasteiger charge is 2.71. The van der Waals surface area contributed by atoms with Gasteiger partial charge in [-0.2, -0.15) is 0 Å². The van der Waals surface area contributed by atoms with Crippen molar-refractivity contribution in [3.63, 3.8) is 0 Å². The Bertz CT molecular complexity index is 529. The second-order valence-electron chi connectivity index (χ2n) is 6.48. The lowest BCUT2D eigenvalue weighted by Crippen LogP contribution is -2.54. The zero-order valence-corrected chi connectivity index (χ0v) is 12.6. The molecule has 0 aromatic heterocycles. The lowest BCUT2D eigenvalue weighted by molar-refractivity contribution is -0.116. The van der Waals surface area contributed by atoms with Crippen molar-refractivity contribution in [2.75, 3.05) is 13.7 Å². The van der Waals surface area contributed by atoms with Gasteiger partial charge in [0.2, 0.25) is 0 Å². The van der Waals surface area contributed by atoms with Gasteiger partial charge < -0.3 is 19.3 Å². The van der Waals surface area contributed by atoms with Crippen LogP contribution >= 0.6 is 0 Å². The molecule has 0 bridgehead atoms. The summed E-state index contributed by atoms with van der Waals surface area (Å²) in [5.41, 5.74) is -0.240. The van der Waals surface area contributed by atoms with Crippen LogP contribution in [0, 0.1) is 5.92 Å². The number of epoxide rings is 2. The van der Waals surface area contributed by atoms with Gasteiger partial charge in [-0.25, -0.2) is 0 Å². The van der Waals surface area contributed by atoms with Crippen molar-refractivity contribution in [2.45, 2.75) is 69.5 Å². The van der Waals surface area contributed by atoms with E-state index in [1.807, 2.05) is 20.8 Å². The number of hydrogen-bond donors (Lipinski definition) is 1. The van der Waals surface area contributed by atoms with Gasteiger partial charge in [-0.15, -0.1) is 0 Å². The van der Waals surface area contributed by atoms with Crippen molar-refractivity contribution in [3.05, 3.63) is 11.6 Å². The molecule has 20 heavy (non-hydrogen) atoms. The molecule has 1 spiro atoms. The minimum absolute atomic E-state index is 0.0597. The zero-order valence-electron chi connectivity index (χ0n) is 15.6. The molecule has 3 rings (SSSR count). The zero-order chi connectivity index (χ0) is 17.3. The Labute approximate surface area is 125 Å². The summed E-state index contributed by atoms with van der Waals surface area (Å²) >= 11 is 0. The van der Waals surface area contributed by atoms with Crippen molar-refractivity contribution in [1.82, 2.24) is 0 Å². The predicted octanol–water partition coefficient (Wildman–Crippen LogP) is 2.06. The fourth-order valence-corrected chi connectivity index (χ4v) is 3.44. The van der Waals surface area contributed by atoms with Gasteiger partial charge in [0, 0.05) is 9.85 Å².